The second-order valence-corrected chi connectivity index (χ2v) is 6.50. The van der Waals surface area contributed by atoms with Gasteiger partial charge in [0.15, 0.2) is 11.5 Å². The Bertz CT molecular complexity index is 478. The third-order valence-corrected chi connectivity index (χ3v) is 5.16. The van der Waals surface area contributed by atoms with Crippen LogP contribution in [0.2, 0.25) is 5.02 Å². The fraction of sp³-hybridized carbons (Fsp3) is 0.647. The number of hydrogen-bond acceptors (Lipinski definition) is 3. The standard InChI is InChI=1S/C17H26ClNO2/c1-11-5-7-14(9-12(11)2)19-10-13-6-8-15(20-3)17(21-4)16(13)18/h6,8,11-12,14,19H,5,7,9-10H2,1-4H3. The van der Waals surface area contributed by atoms with Crippen LogP contribution in [-0.2, 0) is 6.54 Å². The zero-order valence-electron chi connectivity index (χ0n) is 13.4. The van der Waals surface area contributed by atoms with Crippen molar-refractivity contribution >= 4 is 11.6 Å². The Kier molecular flexibility index (Phi) is 5.77. The summed E-state index contributed by atoms with van der Waals surface area (Å²) < 4.78 is 10.6. The molecule has 0 radical (unpaired) electrons. The molecule has 3 atom stereocenters. The molecule has 0 spiro atoms. The molecule has 0 saturated heterocycles. The molecule has 1 aliphatic rings. The highest BCUT2D eigenvalue weighted by molar-refractivity contribution is 6.33. The fourth-order valence-corrected chi connectivity index (χ4v) is 3.35. The summed E-state index contributed by atoms with van der Waals surface area (Å²) in [4.78, 5) is 0. The minimum atomic E-state index is 0.584. The van der Waals surface area contributed by atoms with Gasteiger partial charge in [-0.2, -0.15) is 0 Å². The molecule has 1 saturated carbocycles. The van der Waals surface area contributed by atoms with Crippen molar-refractivity contribution in [1.29, 1.82) is 0 Å². The van der Waals surface area contributed by atoms with Crippen molar-refractivity contribution in [3.8, 4) is 11.5 Å². The van der Waals surface area contributed by atoms with E-state index in [9.17, 15) is 0 Å². The lowest BCUT2D eigenvalue weighted by atomic mass is 9.79. The molecule has 0 heterocycles. The van der Waals surface area contributed by atoms with Gasteiger partial charge in [-0.25, -0.2) is 0 Å². The average Bonchev–Trinajstić information content (AvgIpc) is 2.49. The van der Waals surface area contributed by atoms with Crippen LogP contribution in [0.1, 0.15) is 38.7 Å². The first-order chi connectivity index (χ1) is 10.1. The second-order valence-electron chi connectivity index (χ2n) is 6.12. The summed E-state index contributed by atoms with van der Waals surface area (Å²) in [5.41, 5.74) is 1.06. The Morgan fingerprint density at radius 1 is 1.14 bits per heavy atom. The number of benzene rings is 1. The monoisotopic (exact) mass is 311 g/mol. The molecule has 1 aliphatic carbocycles. The maximum absolute atomic E-state index is 6.42. The lowest BCUT2D eigenvalue weighted by molar-refractivity contribution is 0.225. The molecular weight excluding hydrogens is 286 g/mol. The molecule has 2 rings (SSSR count). The summed E-state index contributed by atoms with van der Waals surface area (Å²) in [6, 6.07) is 4.50. The van der Waals surface area contributed by atoms with Gasteiger partial charge >= 0.3 is 0 Å². The summed E-state index contributed by atoms with van der Waals surface area (Å²) in [5.74, 6) is 2.92. The highest BCUT2D eigenvalue weighted by Crippen LogP contribution is 2.37. The number of hydrogen-bond donors (Lipinski definition) is 1. The Morgan fingerprint density at radius 3 is 2.52 bits per heavy atom. The topological polar surface area (TPSA) is 30.5 Å². The molecule has 1 N–H and O–H groups in total. The van der Waals surface area contributed by atoms with E-state index in [-0.39, 0.29) is 0 Å². The van der Waals surface area contributed by atoms with Crippen molar-refractivity contribution in [2.45, 2.75) is 45.7 Å². The van der Waals surface area contributed by atoms with E-state index in [0.717, 1.165) is 23.9 Å². The quantitative estimate of drug-likeness (QED) is 0.881. The van der Waals surface area contributed by atoms with Gasteiger partial charge < -0.3 is 14.8 Å². The first-order valence-corrected chi connectivity index (χ1v) is 8.07. The minimum Gasteiger partial charge on any atom is -0.493 e. The van der Waals surface area contributed by atoms with E-state index in [1.54, 1.807) is 14.2 Å². The van der Waals surface area contributed by atoms with Crippen LogP contribution in [0.5, 0.6) is 11.5 Å². The zero-order valence-corrected chi connectivity index (χ0v) is 14.2. The van der Waals surface area contributed by atoms with E-state index in [0.29, 0.717) is 22.6 Å². The summed E-state index contributed by atoms with van der Waals surface area (Å²) in [7, 11) is 3.24. The molecule has 21 heavy (non-hydrogen) atoms. The predicted octanol–water partition coefficient (Wildman–Crippen LogP) is 4.27. The maximum atomic E-state index is 6.42. The van der Waals surface area contributed by atoms with Gasteiger partial charge in [-0.3, -0.25) is 0 Å². The Labute approximate surface area is 133 Å². The third kappa shape index (κ3) is 3.83. The summed E-state index contributed by atoms with van der Waals surface area (Å²) >= 11 is 6.42. The zero-order chi connectivity index (χ0) is 15.4. The molecule has 0 bridgehead atoms. The molecule has 0 aliphatic heterocycles. The highest BCUT2D eigenvalue weighted by Gasteiger charge is 2.24. The van der Waals surface area contributed by atoms with Gasteiger partial charge in [0.05, 0.1) is 19.2 Å². The van der Waals surface area contributed by atoms with Crippen molar-refractivity contribution in [1.82, 2.24) is 5.32 Å². The van der Waals surface area contributed by atoms with E-state index in [1.165, 1.54) is 19.3 Å². The average molecular weight is 312 g/mol. The van der Waals surface area contributed by atoms with Crippen LogP contribution >= 0.6 is 11.6 Å². The lowest BCUT2D eigenvalue weighted by Gasteiger charge is -2.32. The molecule has 1 aromatic carbocycles. The van der Waals surface area contributed by atoms with Crippen molar-refractivity contribution < 1.29 is 9.47 Å². The summed E-state index contributed by atoms with van der Waals surface area (Å²) in [6.07, 6.45) is 3.79. The van der Waals surface area contributed by atoms with Crippen molar-refractivity contribution in [3.63, 3.8) is 0 Å². The number of halogens is 1. The molecule has 0 amide bonds. The molecular formula is C17H26ClNO2. The lowest BCUT2D eigenvalue weighted by Crippen LogP contribution is -2.35. The molecule has 3 unspecified atom stereocenters. The van der Waals surface area contributed by atoms with Crippen LogP contribution in [0.25, 0.3) is 0 Å². The number of nitrogens with one attached hydrogen (secondary N) is 1. The predicted molar refractivity (Wildman–Crippen MR) is 87.4 cm³/mol. The SMILES string of the molecule is COc1ccc(CNC2CCC(C)C(C)C2)c(Cl)c1OC. The summed E-state index contributed by atoms with van der Waals surface area (Å²) in [6.45, 7) is 5.47. The molecule has 1 fully saturated rings. The van der Waals surface area contributed by atoms with Crippen LogP contribution in [-0.4, -0.2) is 20.3 Å². The van der Waals surface area contributed by atoms with Crippen molar-refractivity contribution in [3.05, 3.63) is 22.7 Å². The van der Waals surface area contributed by atoms with Crippen molar-refractivity contribution in [2.24, 2.45) is 11.8 Å². The van der Waals surface area contributed by atoms with Crippen LogP contribution in [0.3, 0.4) is 0 Å². The summed E-state index contributed by atoms with van der Waals surface area (Å²) in [5, 5.41) is 4.28. The first kappa shape index (κ1) is 16.4. The van der Waals surface area contributed by atoms with E-state index >= 15 is 0 Å². The second kappa shape index (κ2) is 7.37. The van der Waals surface area contributed by atoms with Crippen LogP contribution in [0.15, 0.2) is 12.1 Å². The van der Waals surface area contributed by atoms with E-state index in [4.69, 9.17) is 21.1 Å². The van der Waals surface area contributed by atoms with E-state index in [1.807, 2.05) is 12.1 Å². The van der Waals surface area contributed by atoms with Crippen LogP contribution in [0, 0.1) is 11.8 Å². The van der Waals surface area contributed by atoms with Gasteiger partial charge in [0.2, 0.25) is 0 Å². The minimum absolute atomic E-state index is 0.584. The number of rotatable bonds is 5. The molecule has 4 heteroatoms. The van der Waals surface area contributed by atoms with Crippen molar-refractivity contribution in [2.75, 3.05) is 14.2 Å². The van der Waals surface area contributed by atoms with Gasteiger partial charge in [0.1, 0.15) is 0 Å². The third-order valence-electron chi connectivity index (χ3n) is 4.74. The Balaban J connectivity index is 2.00. The van der Waals surface area contributed by atoms with E-state index in [2.05, 4.69) is 19.2 Å². The molecule has 3 nitrogen and oxygen atoms in total. The smallest absolute Gasteiger partial charge is 0.179 e. The van der Waals surface area contributed by atoms with Gasteiger partial charge in [0.25, 0.3) is 0 Å². The normalized spacial score (nSPS) is 25.7. The largest absolute Gasteiger partial charge is 0.493 e. The molecule has 0 aromatic heterocycles. The first-order valence-electron chi connectivity index (χ1n) is 7.69. The van der Waals surface area contributed by atoms with Gasteiger partial charge in [0, 0.05) is 12.6 Å². The highest BCUT2D eigenvalue weighted by atomic mass is 35.5. The number of methoxy groups -OCH3 is 2. The van der Waals surface area contributed by atoms with Crippen LogP contribution in [0.4, 0.5) is 0 Å². The fourth-order valence-electron chi connectivity index (χ4n) is 3.05. The maximum Gasteiger partial charge on any atom is 0.179 e. The van der Waals surface area contributed by atoms with Crippen LogP contribution < -0.4 is 14.8 Å². The Hall–Kier alpha value is -0.930. The molecule has 1 aromatic rings. The van der Waals surface area contributed by atoms with Gasteiger partial charge in [-0.15, -0.1) is 0 Å². The Morgan fingerprint density at radius 2 is 1.90 bits per heavy atom. The molecule has 118 valence electrons. The number of ether oxygens (including phenoxy) is 2. The van der Waals surface area contributed by atoms with E-state index < -0.39 is 0 Å². The van der Waals surface area contributed by atoms with Gasteiger partial charge in [-0.05, 0) is 42.7 Å². The van der Waals surface area contributed by atoms with Gasteiger partial charge in [-0.1, -0.05) is 31.5 Å².